The Balaban J connectivity index is 2.08. The van der Waals surface area contributed by atoms with E-state index in [1.165, 1.54) is 36.4 Å². The quantitative estimate of drug-likeness (QED) is 0.707. The molecule has 0 amide bonds. The normalized spacial score (nSPS) is 11.9. The van der Waals surface area contributed by atoms with Gasteiger partial charge in [0.15, 0.2) is 0 Å². The van der Waals surface area contributed by atoms with Gasteiger partial charge in [-0.25, -0.2) is 8.42 Å². The number of anilines is 1. The molecule has 0 saturated carbocycles. The standard InChI is InChI=1S/C17H21NO5S2/c1-3-4-13-24(19,20)18-15-7-9-16(10-8-15)23-25(21,22)17-11-5-14(2)6-12-17/h5-12,18H,3-4,13H2,1-2H3. The molecule has 0 heterocycles. The van der Waals surface area contributed by atoms with Crippen molar-refractivity contribution in [1.82, 2.24) is 0 Å². The Labute approximate surface area is 149 Å². The van der Waals surface area contributed by atoms with Crippen LogP contribution < -0.4 is 8.91 Å². The van der Waals surface area contributed by atoms with E-state index in [0.29, 0.717) is 12.1 Å². The van der Waals surface area contributed by atoms with Gasteiger partial charge in [-0.1, -0.05) is 31.0 Å². The molecule has 6 nitrogen and oxygen atoms in total. The number of nitrogens with one attached hydrogen (secondary N) is 1. The maximum Gasteiger partial charge on any atom is 0.339 e. The average molecular weight is 383 g/mol. The summed E-state index contributed by atoms with van der Waals surface area (Å²) >= 11 is 0. The Morgan fingerprint density at radius 1 is 0.920 bits per heavy atom. The van der Waals surface area contributed by atoms with Crippen LogP contribution in [-0.4, -0.2) is 22.6 Å². The van der Waals surface area contributed by atoms with Crippen molar-refractivity contribution in [2.45, 2.75) is 31.6 Å². The largest absolute Gasteiger partial charge is 0.379 e. The minimum Gasteiger partial charge on any atom is -0.379 e. The van der Waals surface area contributed by atoms with E-state index in [4.69, 9.17) is 4.18 Å². The third-order valence-electron chi connectivity index (χ3n) is 3.41. The van der Waals surface area contributed by atoms with Crippen LogP contribution >= 0.6 is 0 Å². The molecule has 2 rings (SSSR count). The van der Waals surface area contributed by atoms with E-state index in [0.717, 1.165) is 12.0 Å². The molecule has 8 heteroatoms. The number of benzene rings is 2. The zero-order valence-corrected chi connectivity index (χ0v) is 15.7. The lowest BCUT2D eigenvalue weighted by molar-refractivity contribution is 0.486. The molecule has 2 aromatic rings. The summed E-state index contributed by atoms with van der Waals surface area (Å²) in [5, 5.41) is 0. The summed E-state index contributed by atoms with van der Waals surface area (Å²) in [5.74, 6) is 0.154. The number of hydrogen-bond acceptors (Lipinski definition) is 5. The predicted octanol–water partition coefficient (Wildman–Crippen LogP) is 3.30. The van der Waals surface area contributed by atoms with Gasteiger partial charge >= 0.3 is 10.1 Å². The molecule has 1 N–H and O–H groups in total. The first-order chi connectivity index (χ1) is 11.7. The lowest BCUT2D eigenvalue weighted by Crippen LogP contribution is -2.16. The van der Waals surface area contributed by atoms with Gasteiger partial charge in [0, 0.05) is 5.69 Å². The number of rotatable bonds is 8. The van der Waals surface area contributed by atoms with Crippen molar-refractivity contribution in [1.29, 1.82) is 0 Å². The van der Waals surface area contributed by atoms with E-state index in [-0.39, 0.29) is 16.4 Å². The van der Waals surface area contributed by atoms with Crippen LogP contribution in [0.3, 0.4) is 0 Å². The van der Waals surface area contributed by atoms with Crippen LogP contribution in [0.4, 0.5) is 5.69 Å². The molecule has 2 aromatic carbocycles. The van der Waals surface area contributed by atoms with Gasteiger partial charge < -0.3 is 4.18 Å². The molecule has 0 aliphatic heterocycles. The smallest absolute Gasteiger partial charge is 0.339 e. The minimum absolute atomic E-state index is 0.0452. The Bertz CT molecular complexity index is 903. The monoisotopic (exact) mass is 383 g/mol. The van der Waals surface area contributed by atoms with Gasteiger partial charge in [0.2, 0.25) is 10.0 Å². The van der Waals surface area contributed by atoms with E-state index in [2.05, 4.69) is 4.72 Å². The Morgan fingerprint density at radius 3 is 2.08 bits per heavy atom. The molecule has 0 radical (unpaired) electrons. The predicted molar refractivity (Wildman–Crippen MR) is 97.8 cm³/mol. The first-order valence-corrected chi connectivity index (χ1v) is 10.9. The highest BCUT2D eigenvalue weighted by Crippen LogP contribution is 2.21. The molecule has 0 bridgehead atoms. The molecule has 0 fully saturated rings. The zero-order chi connectivity index (χ0) is 18.5. The third kappa shape index (κ3) is 5.75. The average Bonchev–Trinajstić information content (AvgIpc) is 2.55. The first-order valence-electron chi connectivity index (χ1n) is 7.83. The van der Waals surface area contributed by atoms with Crippen LogP contribution in [-0.2, 0) is 20.1 Å². The Morgan fingerprint density at radius 2 is 1.52 bits per heavy atom. The molecule has 25 heavy (non-hydrogen) atoms. The Hall–Kier alpha value is -2.06. The summed E-state index contributed by atoms with van der Waals surface area (Å²) in [6.45, 7) is 3.77. The van der Waals surface area contributed by atoms with Crippen molar-refractivity contribution in [3.05, 3.63) is 54.1 Å². The highest BCUT2D eigenvalue weighted by Gasteiger charge is 2.16. The van der Waals surface area contributed by atoms with Gasteiger partial charge in [0.1, 0.15) is 10.6 Å². The zero-order valence-electron chi connectivity index (χ0n) is 14.1. The summed E-state index contributed by atoms with van der Waals surface area (Å²) in [6.07, 6.45) is 1.36. The van der Waals surface area contributed by atoms with E-state index >= 15 is 0 Å². The first kappa shape index (κ1) is 19.3. The number of sulfonamides is 1. The molecule has 0 aliphatic carbocycles. The van der Waals surface area contributed by atoms with E-state index in [1.54, 1.807) is 12.1 Å². The second-order valence-corrected chi connectivity index (χ2v) is 9.04. The molecule has 0 atom stereocenters. The molecular formula is C17H21NO5S2. The van der Waals surface area contributed by atoms with Gasteiger partial charge in [0.25, 0.3) is 0 Å². The van der Waals surface area contributed by atoms with Gasteiger partial charge in [0.05, 0.1) is 5.75 Å². The van der Waals surface area contributed by atoms with Crippen LogP contribution in [0.5, 0.6) is 5.75 Å². The number of hydrogen-bond donors (Lipinski definition) is 1. The summed E-state index contributed by atoms with van der Waals surface area (Å²) in [6, 6.07) is 12.1. The molecule has 0 unspecified atom stereocenters. The van der Waals surface area contributed by atoms with Crippen molar-refractivity contribution in [2.75, 3.05) is 10.5 Å². The molecular weight excluding hydrogens is 362 g/mol. The number of aryl methyl sites for hydroxylation is 1. The van der Waals surface area contributed by atoms with Crippen molar-refractivity contribution in [3.8, 4) is 5.75 Å². The summed E-state index contributed by atoms with van der Waals surface area (Å²) in [5.41, 5.74) is 1.30. The fourth-order valence-corrected chi connectivity index (χ4v) is 4.22. The Kier molecular flexibility index (Phi) is 6.07. The van der Waals surface area contributed by atoms with Crippen molar-refractivity contribution < 1.29 is 21.0 Å². The third-order valence-corrected chi connectivity index (χ3v) is 6.04. The van der Waals surface area contributed by atoms with Gasteiger partial charge in [-0.3, -0.25) is 4.72 Å². The van der Waals surface area contributed by atoms with Crippen LogP contribution in [0.1, 0.15) is 25.3 Å². The SMILES string of the molecule is CCCCS(=O)(=O)Nc1ccc(OS(=O)(=O)c2ccc(C)cc2)cc1. The molecule has 136 valence electrons. The summed E-state index contributed by atoms with van der Waals surface area (Å²) in [4.78, 5) is 0.0578. The topological polar surface area (TPSA) is 89.5 Å². The highest BCUT2D eigenvalue weighted by molar-refractivity contribution is 7.92. The van der Waals surface area contributed by atoms with Crippen LogP contribution in [0.25, 0.3) is 0 Å². The lowest BCUT2D eigenvalue weighted by Gasteiger charge is -2.10. The van der Waals surface area contributed by atoms with Crippen LogP contribution in [0, 0.1) is 6.92 Å². The van der Waals surface area contributed by atoms with Crippen molar-refractivity contribution >= 4 is 25.8 Å². The second-order valence-electron chi connectivity index (χ2n) is 5.65. The maximum absolute atomic E-state index is 12.2. The van der Waals surface area contributed by atoms with Crippen LogP contribution in [0.15, 0.2) is 53.4 Å². The van der Waals surface area contributed by atoms with Crippen LogP contribution in [0.2, 0.25) is 0 Å². The van der Waals surface area contributed by atoms with E-state index < -0.39 is 20.1 Å². The van der Waals surface area contributed by atoms with Crippen molar-refractivity contribution in [2.24, 2.45) is 0 Å². The summed E-state index contributed by atoms with van der Waals surface area (Å²) < 4.78 is 55.6. The molecule has 0 aliphatic rings. The number of unbranched alkanes of at least 4 members (excludes halogenated alkanes) is 1. The lowest BCUT2D eigenvalue weighted by atomic mass is 10.2. The molecule has 0 saturated heterocycles. The fraction of sp³-hybridized carbons (Fsp3) is 0.294. The van der Waals surface area contributed by atoms with Crippen molar-refractivity contribution in [3.63, 3.8) is 0 Å². The van der Waals surface area contributed by atoms with Gasteiger partial charge in [-0.05, 0) is 49.7 Å². The molecule has 0 aromatic heterocycles. The van der Waals surface area contributed by atoms with E-state index in [1.807, 2.05) is 13.8 Å². The summed E-state index contributed by atoms with van der Waals surface area (Å²) in [7, 11) is -7.33. The highest BCUT2D eigenvalue weighted by atomic mass is 32.2. The van der Waals surface area contributed by atoms with Gasteiger partial charge in [-0.15, -0.1) is 0 Å². The maximum atomic E-state index is 12.2. The minimum atomic E-state index is -3.93. The van der Waals surface area contributed by atoms with Gasteiger partial charge in [-0.2, -0.15) is 8.42 Å². The van der Waals surface area contributed by atoms with E-state index in [9.17, 15) is 16.8 Å². The fourth-order valence-electron chi connectivity index (χ4n) is 2.02. The second kappa shape index (κ2) is 7.88. The molecule has 0 spiro atoms.